The van der Waals surface area contributed by atoms with Gasteiger partial charge in [0.05, 0.1) is 5.56 Å². The van der Waals surface area contributed by atoms with Crippen LogP contribution in [-0.2, 0) is 0 Å². The minimum absolute atomic E-state index is 0.412. The molecule has 92 valence electrons. The number of primary amides is 1. The second-order valence-corrected chi connectivity index (χ2v) is 4.83. The molecule has 0 aromatic heterocycles. The lowest BCUT2D eigenvalue weighted by Gasteiger charge is -2.33. The maximum atomic E-state index is 11.4. The van der Waals surface area contributed by atoms with Crippen LogP contribution >= 0.6 is 0 Å². The minimum atomic E-state index is -0.412. The highest BCUT2D eigenvalue weighted by Gasteiger charge is 2.20. The lowest BCUT2D eigenvalue weighted by atomic mass is 9.98. The number of hydrogen-bond donors (Lipinski definition) is 2. The van der Waals surface area contributed by atoms with E-state index in [4.69, 9.17) is 11.5 Å². The molecule has 1 fully saturated rings. The Labute approximate surface area is 102 Å². The van der Waals surface area contributed by atoms with Crippen molar-refractivity contribution in [2.24, 2.45) is 11.7 Å². The van der Waals surface area contributed by atoms with Gasteiger partial charge in [-0.05, 0) is 37.0 Å². The Bertz CT molecular complexity index is 431. The molecular formula is C13H19N3O. The first-order valence-corrected chi connectivity index (χ1v) is 6.02. The molecule has 1 aromatic rings. The molecule has 4 heteroatoms. The zero-order valence-corrected chi connectivity index (χ0v) is 10.1. The molecule has 4 nitrogen and oxygen atoms in total. The third-order valence-electron chi connectivity index (χ3n) is 3.28. The molecule has 0 radical (unpaired) electrons. The molecule has 0 saturated carbocycles. The van der Waals surface area contributed by atoms with Gasteiger partial charge in [-0.3, -0.25) is 4.79 Å². The molecule has 1 heterocycles. The highest BCUT2D eigenvalue weighted by atomic mass is 16.1. The Balaban J connectivity index is 2.33. The van der Waals surface area contributed by atoms with E-state index in [0.717, 1.165) is 25.2 Å². The van der Waals surface area contributed by atoms with Crippen LogP contribution in [0.5, 0.6) is 0 Å². The Kier molecular flexibility index (Phi) is 3.22. The standard InChI is InChI=1S/C13H19N3O/c1-9-3-2-6-16(8-9)12-5-4-10(14)7-11(12)13(15)17/h4-5,7,9H,2-3,6,8,14H2,1H3,(H2,15,17)/t9-/m0/s1. The average Bonchev–Trinajstić information content (AvgIpc) is 2.28. The van der Waals surface area contributed by atoms with Crippen molar-refractivity contribution in [2.45, 2.75) is 19.8 Å². The van der Waals surface area contributed by atoms with Crippen molar-refractivity contribution in [1.29, 1.82) is 0 Å². The molecule has 0 aliphatic carbocycles. The lowest BCUT2D eigenvalue weighted by molar-refractivity contribution is 0.100. The molecule has 1 saturated heterocycles. The van der Waals surface area contributed by atoms with Gasteiger partial charge in [-0.15, -0.1) is 0 Å². The van der Waals surface area contributed by atoms with E-state index in [1.165, 1.54) is 6.42 Å². The van der Waals surface area contributed by atoms with E-state index >= 15 is 0 Å². The number of carbonyl (C=O) groups is 1. The van der Waals surface area contributed by atoms with Gasteiger partial charge in [0, 0.05) is 24.5 Å². The first-order valence-electron chi connectivity index (χ1n) is 6.02. The van der Waals surface area contributed by atoms with Crippen molar-refractivity contribution in [3.8, 4) is 0 Å². The van der Waals surface area contributed by atoms with Gasteiger partial charge in [-0.2, -0.15) is 0 Å². The number of nitrogen functional groups attached to an aromatic ring is 1. The molecule has 1 aliphatic rings. The Morgan fingerprint density at radius 2 is 2.24 bits per heavy atom. The zero-order valence-electron chi connectivity index (χ0n) is 10.1. The summed E-state index contributed by atoms with van der Waals surface area (Å²) in [6.07, 6.45) is 2.40. The van der Waals surface area contributed by atoms with E-state index in [1.807, 2.05) is 12.1 Å². The first kappa shape index (κ1) is 11.8. The fourth-order valence-corrected chi connectivity index (χ4v) is 2.43. The highest BCUT2D eigenvalue weighted by Crippen LogP contribution is 2.27. The molecule has 0 unspecified atom stereocenters. The van der Waals surface area contributed by atoms with Gasteiger partial charge in [0.1, 0.15) is 0 Å². The molecule has 1 amide bonds. The van der Waals surface area contributed by atoms with Crippen molar-refractivity contribution in [2.75, 3.05) is 23.7 Å². The van der Waals surface area contributed by atoms with E-state index in [-0.39, 0.29) is 0 Å². The molecule has 1 atom stereocenters. The predicted molar refractivity (Wildman–Crippen MR) is 70.0 cm³/mol. The topological polar surface area (TPSA) is 72.3 Å². The monoisotopic (exact) mass is 233 g/mol. The van der Waals surface area contributed by atoms with E-state index < -0.39 is 5.91 Å². The Morgan fingerprint density at radius 3 is 2.88 bits per heavy atom. The molecule has 0 spiro atoms. The van der Waals surface area contributed by atoms with Crippen LogP contribution in [0.25, 0.3) is 0 Å². The summed E-state index contributed by atoms with van der Waals surface area (Å²) in [5.74, 6) is 0.243. The summed E-state index contributed by atoms with van der Waals surface area (Å²) in [7, 11) is 0. The van der Waals surface area contributed by atoms with Crippen LogP contribution in [0, 0.1) is 5.92 Å². The third kappa shape index (κ3) is 2.52. The van der Waals surface area contributed by atoms with Gasteiger partial charge < -0.3 is 16.4 Å². The molecule has 2 rings (SSSR count). The quantitative estimate of drug-likeness (QED) is 0.762. The largest absolute Gasteiger partial charge is 0.399 e. The van der Waals surface area contributed by atoms with Gasteiger partial charge in [-0.25, -0.2) is 0 Å². The fraction of sp³-hybridized carbons (Fsp3) is 0.462. The maximum Gasteiger partial charge on any atom is 0.250 e. The summed E-state index contributed by atoms with van der Waals surface area (Å²) in [5.41, 5.74) is 13.1. The number of nitrogens with two attached hydrogens (primary N) is 2. The number of nitrogens with zero attached hydrogens (tertiary/aromatic N) is 1. The second kappa shape index (κ2) is 4.65. The van der Waals surface area contributed by atoms with Gasteiger partial charge in [0.25, 0.3) is 5.91 Å². The molecule has 0 bridgehead atoms. The summed E-state index contributed by atoms with van der Waals surface area (Å²) in [5, 5.41) is 0. The number of benzene rings is 1. The van der Waals surface area contributed by atoms with E-state index in [9.17, 15) is 4.79 Å². The van der Waals surface area contributed by atoms with Gasteiger partial charge >= 0.3 is 0 Å². The SMILES string of the molecule is C[C@H]1CCCN(c2ccc(N)cc2C(N)=O)C1. The predicted octanol–water partition coefficient (Wildman–Crippen LogP) is 1.60. The molecule has 4 N–H and O–H groups in total. The highest BCUT2D eigenvalue weighted by molar-refractivity contribution is 5.99. The van der Waals surface area contributed by atoms with Crippen LogP contribution in [0.1, 0.15) is 30.1 Å². The number of hydrogen-bond acceptors (Lipinski definition) is 3. The van der Waals surface area contributed by atoms with E-state index in [2.05, 4.69) is 11.8 Å². The van der Waals surface area contributed by atoms with Crippen LogP contribution in [0.4, 0.5) is 11.4 Å². The van der Waals surface area contributed by atoms with E-state index in [0.29, 0.717) is 17.2 Å². The van der Waals surface area contributed by atoms with Crippen molar-refractivity contribution >= 4 is 17.3 Å². The van der Waals surface area contributed by atoms with Crippen molar-refractivity contribution in [3.63, 3.8) is 0 Å². The Morgan fingerprint density at radius 1 is 1.47 bits per heavy atom. The summed E-state index contributed by atoms with van der Waals surface area (Å²) in [4.78, 5) is 13.7. The molecule has 17 heavy (non-hydrogen) atoms. The molecular weight excluding hydrogens is 214 g/mol. The zero-order chi connectivity index (χ0) is 12.4. The van der Waals surface area contributed by atoms with Crippen molar-refractivity contribution in [1.82, 2.24) is 0 Å². The summed E-state index contributed by atoms with van der Waals surface area (Å²) in [6, 6.07) is 5.38. The van der Waals surface area contributed by atoms with Crippen LogP contribution in [0.2, 0.25) is 0 Å². The number of anilines is 2. The number of rotatable bonds is 2. The fourth-order valence-electron chi connectivity index (χ4n) is 2.43. The third-order valence-corrected chi connectivity index (χ3v) is 3.28. The second-order valence-electron chi connectivity index (χ2n) is 4.83. The summed E-state index contributed by atoms with van der Waals surface area (Å²) in [6.45, 7) is 4.19. The first-order chi connectivity index (χ1) is 8.08. The number of piperidine rings is 1. The minimum Gasteiger partial charge on any atom is -0.399 e. The van der Waals surface area contributed by atoms with Crippen molar-refractivity contribution in [3.05, 3.63) is 23.8 Å². The van der Waals surface area contributed by atoms with Gasteiger partial charge in [-0.1, -0.05) is 6.92 Å². The van der Waals surface area contributed by atoms with Gasteiger partial charge in [0.15, 0.2) is 0 Å². The summed E-state index contributed by atoms with van der Waals surface area (Å²) >= 11 is 0. The number of carbonyl (C=O) groups excluding carboxylic acids is 1. The molecule has 1 aliphatic heterocycles. The van der Waals surface area contributed by atoms with Gasteiger partial charge in [0.2, 0.25) is 0 Å². The smallest absolute Gasteiger partial charge is 0.250 e. The van der Waals surface area contributed by atoms with Crippen LogP contribution in [0.3, 0.4) is 0 Å². The van der Waals surface area contributed by atoms with Crippen molar-refractivity contribution < 1.29 is 4.79 Å². The van der Waals surface area contributed by atoms with Crippen LogP contribution in [0.15, 0.2) is 18.2 Å². The molecule has 1 aromatic carbocycles. The lowest BCUT2D eigenvalue weighted by Crippen LogP contribution is -2.35. The van der Waals surface area contributed by atoms with E-state index in [1.54, 1.807) is 6.07 Å². The summed E-state index contributed by atoms with van der Waals surface area (Å²) < 4.78 is 0. The maximum absolute atomic E-state index is 11.4. The number of amides is 1. The van der Waals surface area contributed by atoms with Crippen LogP contribution < -0.4 is 16.4 Å². The normalized spacial score (nSPS) is 20.3. The average molecular weight is 233 g/mol. The Hall–Kier alpha value is -1.71. The van der Waals surface area contributed by atoms with Crippen LogP contribution in [-0.4, -0.2) is 19.0 Å².